The maximum atomic E-state index is 13.3. The third kappa shape index (κ3) is 2.75. The maximum Gasteiger partial charge on any atom is 0.258 e. The minimum Gasteiger partial charge on any atom is -0.340 e. The van der Waals surface area contributed by atoms with Crippen molar-refractivity contribution in [3.05, 3.63) is 58.9 Å². The molecule has 0 bridgehead atoms. The zero-order valence-corrected chi connectivity index (χ0v) is 15.7. The maximum absolute atomic E-state index is 13.3. The van der Waals surface area contributed by atoms with E-state index < -0.39 is 0 Å². The van der Waals surface area contributed by atoms with Crippen molar-refractivity contribution < 1.29 is 4.79 Å². The van der Waals surface area contributed by atoms with Crippen LogP contribution < -0.4 is 0 Å². The average Bonchev–Trinajstić information content (AvgIpc) is 3.46. The zero-order valence-electron chi connectivity index (χ0n) is 14.9. The number of likely N-dealkylation sites (tertiary alicyclic amines) is 1. The number of imidazole rings is 1. The minimum absolute atomic E-state index is 0.00582. The first-order valence-electron chi connectivity index (χ1n) is 9.05. The Labute approximate surface area is 160 Å². The van der Waals surface area contributed by atoms with Gasteiger partial charge in [-0.05, 0) is 48.9 Å². The van der Waals surface area contributed by atoms with Crippen molar-refractivity contribution in [3.63, 3.8) is 0 Å². The molecule has 0 aliphatic carbocycles. The van der Waals surface area contributed by atoms with Gasteiger partial charge < -0.3 is 9.88 Å². The molecule has 0 radical (unpaired) electrons. The van der Waals surface area contributed by atoms with Gasteiger partial charge in [0, 0.05) is 12.7 Å². The SMILES string of the molecule is Cc1ccc2nc(C3CCCN3C(=O)c3c[nH]nc3-c3cccs3)[nH]c2c1. The minimum atomic E-state index is -0.0312. The van der Waals surface area contributed by atoms with Gasteiger partial charge in [0.2, 0.25) is 0 Å². The van der Waals surface area contributed by atoms with Gasteiger partial charge in [-0.2, -0.15) is 5.10 Å². The highest BCUT2D eigenvalue weighted by molar-refractivity contribution is 7.13. The van der Waals surface area contributed by atoms with E-state index in [0.717, 1.165) is 46.8 Å². The number of carbonyl (C=O) groups is 1. The van der Waals surface area contributed by atoms with Crippen molar-refractivity contribution in [1.29, 1.82) is 0 Å². The molecule has 1 saturated heterocycles. The summed E-state index contributed by atoms with van der Waals surface area (Å²) < 4.78 is 0. The first kappa shape index (κ1) is 16.3. The van der Waals surface area contributed by atoms with Crippen LogP contribution in [0.2, 0.25) is 0 Å². The summed E-state index contributed by atoms with van der Waals surface area (Å²) in [5.74, 6) is 0.869. The van der Waals surface area contributed by atoms with Crippen LogP contribution in [0.25, 0.3) is 21.6 Å². The Morgan fingerprint density at radius 1 is 1.33 bits per heavy atom. The first-order chi connectivity index (χ1) is 13.2. The number of benzene rings is 1. The molecule has 4 heterocycles. The van der Waals surface area contributed by atoms with E-state index in [9.17, 15) is 4.79 Å². The number of hydrogen-bond donors (Lipinski definition) is 2. The Bertz CT molecular complexity index is 1110. The smallest absolute Gasteiger partial charge is 0.258 e. The fourth-order valence-corrected chi connectivity index (χ4v) is 4.53. The molecule has 7 heteroatoms. The molecular formula is C20H19N5OS. The van der Waals surface area contributed by atoms with Gasteiger partial charge >= 0.3 is 0 Å². The van der Waals surface area contributed by atoms with E-state index in [1.807, 2.05) is 28.5 Å². The molecular weight excluding hydrogens is 358 g/mol. The third-order valence-electron chi connectivity index (χ3n) is 5.11. The van der Waals surface area contributed by atoms with E-state index in [2.05, 4.69) is 34.2 Å². The van der Waals surface area contributed by atoms with Crippen LogP contribution in [0.1, 0.15) is 40.6 Å². The Hall–Kier alpha value is -2.93. The lowest BCUT2D eigenvalue weighted by Gasteiger charge is -2.23. The van der Waals surface area contributed by atoms with E-state index >= 15 is 0 Å². The van der Waals surface area contributed by atoms with Gasteiger partial charge in [0.1, 0.15) is 11.5 Å². The van der Waals surface area contributed by atoms with Gasteiger partial charge in [0.05, 0.1) is 27.5 Å². The van der Waals surface area contributed by atoms with Crippen molar-refractivity contribution in [3.8, 4) is 10.6 Å². The number of aromatic amines is 2. The van der Waals surface area contributed by atoms with Gasteiger partial charge in [0.25, 0.3) is 5.91 Å². The highest BCUT2D eigenvalue weighted by atomic mass is 32.1. The second-order valence-electron chi connectivity index (χ2n) is 6.92. The van der Waals surface area contributed by atoms with Gasteiger partial charge in [-0.1, -0.05) is 12.1 Å². The summed E-state index contributed by atoms with van der Waals surface area (Å²) in [6, 6.07) is 10.1. The second kappa shape index (κ2) is 6.35. The number of aryl methyl sites for hydroxylation is 1. The van der Waals surface area contributed by atoms with Gasteiger partial charge in [-0.25, -0.2) is 4.98 Å². The molecule has 3 aromatic heterocycles. The topological polar surface area (TPSA) is 77.7 Å². The summed E-state index contributed by atoms with van der Waals surface area (Å²) in [6.45, 7) is 2.80. The summed E-state index contributed by atoms with van der Waals surface area (Å²) in [5.41, 5.74) is 4.50. The summed E-state index contributed by atoms with van der Waals surface area (Å²) in [4.78, 5) is 24.4. The molecule has 1 aliphatic rings. The number of fused-ring (bicyclic) bond motifs is 1. The number of hydrogen-bond acceptors (Lipinski definition) is 4. The summed E-state index contributed by atoms with van der Waals surface area (Å²) >= 11 is 1.58. The number of aromatic nitrogens is 4. The van der Waals surface area contributed by atoms with Crippen molar-refractivity contribution in [2.75, 3.05) is 6.54 Å². The lowest BCUT2D eigenvalue weighted by Crippen LogP contribution is -2.31. The van der Waals surface area contributed by atoms with Gasteiger partial charge in [0.15, 0.2) is 0 Å². The van der Waals surface area contributed by atoms with E-state index in [1.54, 1.807) is 17.5 Å². The third-order valence-corrected chi connectivity index (χ3v) is 5.99. The largest absolute Gasteiger partial charge is 0.340 e. The molecule has 6 nitrogen and oxygen atoms in total. The van der Waals surface area contributed by atoms with Gasteiger partial charge in [-0.15, -0.1) is 11.3 Å². The molecule has 1 atom stereocenters. The zero-order chi connectivity index (χ0) is 18.4. The van der Waals surface area contributed by atoms with E-state index in [-0.39, 0.29) is 11.9 Å². The Morgan fingerprint density at radius 3 is 3.11 bits per heavy atom. The molecule has 0 saturated carbocycles. The molecule has 1 aliphatic heterocycles. The predicted molar refractivity (Wildman–Crippen MR) is 106 cm³/mol. The van der Waals surface area contributed by atoms with Crippen molar-refractivity contribution in [1.82, 2.24) is 25.1 Å². The standard InChI is InChI=1S/C20H19N5OS/c1-12-6-7-14-15(10-12)23-19(22-14)16-4-2-8-25(16)20(26)13-11-21-24-18(13)17-5-3-9-27-17/h3,5-7,9-11,16H,2,4,8H2,1H3,(H,21,24)(H,22,23). The van der Waals surface area contributed by atoms with Gasteiger partial charge in [-0.3, -0.25) is 9.89 Å². The molecule has 2 N–H and O–H groups in total. The van der Waals surface area contributed by atoms with Crippen molar-refractivity contribution >= 4 is 28.3 Å². The van der Waals surface area contributed by atoms with Crippen molar-refractivity contribution in [2.45, 2.75) is 25.8 Å². The van der Waals surface area contributed by atoms with Crippen LogP contribution in [0.15, 0.2) is 41.9 Å². The summed E-state index contributed by atoms with van der Waals surface area (Å²) in [7, 11) is 0. The lowest BCUT2D eigenvalue weighted by atomic mass is 10.1. The van der Waals surface area contributed by atoms with Crippen LogP contribution in [0.3, 0.4) is 0 Å². The second-order valence-corrected chi connectivity index (χ2v) is 7.87. The molecule has 1 amide bonds. The van der Waals surface area contributed by atoms with E-state index in [1.165, 1.54) is 5.56 Å². The molecule has 1 fully saturated rings. The van der Waals surface area contributed by atoms with Crippen LogP contribution in [0, 0.1) is 6.92 Å². The Balaban J connectivity index is 1.49. The molecule has 27 heavy (non-hydrogen) atoms. The molecule has 136 valence electrons. The number of thiophene rings is 1. The van der Waals surface area contributed by atoms with E-state index in [4.69, 9.17) is 4.98 Å². The first-order valence-corrected chi connectivity index (χ1v) is 9.93. The van der Waals surface area contributed by atoms with Crippen LogP contribution in [-0.2, 0) is 0 Å². The van der Waals surface area contributed by atoms with Crippen LogP contribution in [0.5, 0.6) is 0 Å². The highest BCUT2D eigenvalue weighted by Gasteiger charge is 2.34. The molecule has 1 unspecified atom stereocenters. The van der Waals surface area contributed by atoms with Crippen LogP contribution in [-0.4, -0.2) is 37.5 Å². The quantitative estimate of drug-likeness (QED) is 0.559. The Morgan fingerprint density at radius 2 is 2.26 bits per heavy atom. The van der Waals surface area contributed by atoms with E-state index in [0.29, 0.717) is 5.56 Å². The molecule has 1 aromatic carbocycles. The predicted octanol–water partition coefficient (Wildman–Crippen LogP) is 4.30. The summed E-state index contributed by atoms with van der Waals surface area (Å²) in [6.07, 6.45) is 3.59. The molecule has 0 spiro atoms. The Kier molecular flexibility index (Phi) is 3.82. The van der Waals surface area contributed by atoms with Crippen LogP contribution >= 0.6 is 11.3 Å². The number of amides is 1. The lowest BCUT2D eigenvalue weighted by molar-refractivity contribution is 0.0731. The molecule has 5 rings (SSSR count). The van der Waals surface area contributed by atoms with Crippen LogP contribution in [0.4, 0.5) is 0 Å². The average molecular weight is 377 g/mol. The monoisotopic (exact) mass is 377 g/mol. The normalized spacial score (nSPS) is 17.1. The fraction of sp³-hybridized carbons (Fsp3) is 0.250. The fourth-order valence-electron chi connectivity index (χ4n) is 3.80. The number of H-pyrrole nitrogens is 2. The number of nitrogens with one attached hydrogen (secondary N) is 2. The molecule has 4 aromatic rings. The van der Waals surface area contributed by atoms with Crippen molar-refractivity contribution in [2.24, 2.45) is 0 Å². The number of rotatable bonds is 3. The highest BCUT2D eigenvalue weighted by Crippen LogP contribution is 2.35. The summed E-state index contributed by atoms with van der Waals surface area (Å²) in [5, 5.41) is 9.16. The number of carbonyl (C=O) groups excluding carboxylic acids is 1. The number of nitrogens with zero attached hydrogens (tertiary/aromatic N) is 3.